The average molecular weight is 380 g/mol. The van der Waals surface area contributed by atoms with Crippen molar-refractivity contribution < 1.29 is 9.59 Å². The molecule has 2 aromatic carbocycles. The molecule has 1 saturated heterocycles. The van der Waals surface area contributed by atoms with Gasteiger partial charge in [-0.15, -0.1) is 0 Å². The predicted molar refractivity (Wildman–Crippen MR) is 112 cm³/mol. The van der Waals surface area contributed by atoms with Gasteiger partial charge in [-0.25, -0.2) is 0 Å². The molecule has 1 aliphatic heterocycles. The molecule has 0 spiro atoms. The normalized spacial score (nSPS) is 17.1. The molecule has 1 fully saturated rings. The van der Waals surface area contributed by atoms with Gasteiger partial charge in [0.2, 0.25) is 11.8 Å². The highest BCUT2D eigenvalue weighted by atomic mass is 16.2. The van der Waals surface area contributed by atoms with Crippen molar-refractivity contribution >= 4 is 17.5 Å². The molecule has 1 atom stereocenters. The van der Waals surface area contributed by atoms with Gasteiger partial charge in [-0.2, -0.15) is 0 Å². The van der Waals surface area contributed by atoms with E-state index in [9.17, 15) is 9.59 Å². The van der Waals surface area contributed by atoms with Gasteiger partial charge in [-0.05, 0) is 55.5 Å². The molecule has 28 heavy (non-hydrogen) atoms. The van der Waals surface area contributed by atoms with Crippen molar-refractivity contribution in [3.63, 3.8) is 0 Å². The first-order chi connectivity index (χ1) is 13.5. The summed E-state index contributed by atoms with van der Waals surface area (Å²) in [6, 6.07) is 16.2. The summed E-state index contributed by atoms with van der Waals surface area (Å²) in [6.07, 6.45) is 2.30. The van der Waals surface area contributed by atoms with Crippen LogP contribution in [0.4, 0.5) is 5.69 Å². The standard InChI is InChI=1S/C23H29N3O2/c1-17-5-3-6-20(13-17)21-7-4-12-26(15-21)16-23(28)24-14-19-8-10-22(11-9-19)25-18(2)27/h3,5-6,8-11,13,21H,4,7,12,14-16H2,1-2H3,(H,24,28)(H,25,27)/t21-/m1/s1. The van der Waals surface area contributed by atoms with E-state index in [1.54, 1.807) is 0 Å². The molecule has 1 aliphatic rings. The van der Waals surface area contributed by atoms with Gasteiger partial charge in [0, 0.05) is 25.7 Å². The minimum atomic E-state index is -0.0912. The average Bonchev–Trinajstić information content (AvgIpc) is 2.67. The number of anilines is 1. The molecule has 0 unspecified atom stereocenters. The van der Waals surface area contributed by atoms with E-state index in [1.807, 2.05) is 24.3 Å². The molecule has 2 N–H and O–H groups in total. The second kappa shape index (κ2) is 9.51. The van der Waals surface area contributed by atoms with E-state index in [0.717, 1.165) is 30.8 Å². The summed E-state index contributed by atoms with van der Waals surface area (Å²) in [5.41, 5.74) is 4.44. The van der Waals surface area contributed by atoms with Gasteiger partial charge < -0.3 is 10.6 Å². The van der Waals surface area contributed by atoms with Crippen LogP contribution in [0.2, 0.25) is 0 Å². The van der Waals surface area contributed by atoms with Crippen molar-refractivity contribution in [2.45, 2.75) is 39.2 Å². The maximum absolute atomic E-state index is 12.4. The van der Waals surface area contributed by atoms with Crippen LogP contribution in [0.25, 0.3) is 0 Å². The van der Waals surface area contributed by atoms with E-state index >= 15 is 0 Å². The molecular weight excluding hydrogens is 350 g/mol. The maximum atomic E-state index is 12.4. The van der Waals surface area contributed by atoms with Gasteiger partial charge in [0.05, 0.1) is 6.54 Å². The van der Waals surface area contributed by atoms with Gasteiger partial charge in [0.25, 0.3) is 0 Å². The molecule has 0 saturated carbocycles. The van der Waals surface area contributed by atoms with Crippen LogP contribution in [0, 0.1) is 6.92 Å². The smallest absolute Gasteiger partial charge is 0.234 e. The van der Waals surface area contributed by atoms with Crippen LogP contribution < -0.4 is 10.6 Å². The fourth-order valence-corrected chi connectivity index (χ4v) is 3.76. The molecule has 0 aliphatic carbocycles. The highest BCUT2D eigenvalue weighted by molar-refractivity contribution is 5.88. The molecule has 148 valence electrons. The topological polar surface area (TPSA) is 61.4 Å². The lowest BCUT2D eigenvalue weighted by atomic mass is 9.90. The fraction of sp³-hybridized carbons (Fsp3) is 0.391. The van der Waals surface area contributed by atoms with Gasteiger partial charge in [-0.1, -0.05) is 42.0 Å². The number of nitrogens with zero attached hydrogens (tertiary/aromatic N) is 1. The van der Waals surface area contributed by atoms with Crippen molar-refractivity contribution in [2.24, 2.45) is 0 Å². The Bertz CT molecular complexity index is 817. The number of piperidine rings is 1. The van der Waals surface area contributed by atoms with E-state index in [1.165, 1.54) is 24.5 Å². The van der Waals surface area contributed by atoms with Crippen molar-refractivity contribution in [1.29, 1.82) is 0 Å². The van der Waals surface area contributed by atoms with Gasteiger partial charge >= 0.3 is 0 Å². The number of amides is 2. The van der Waals surface area contributed by atoms with Crippen LogP contribution in [-0.4, -0.2) is 36.3 Å². The quantitative estimate of drug-likeness (QED) is 0.808. The SMILES string of the molecule is CC(=O)Nc1ccc(CNC(=O)CN2CCC[C@@H](c3cccc(C)c3)C2)cc1. The number of aryl methyl sites for hydroxylation is 1. The summed E-state index contributed by atoms with van der Waals surface area (Å²) in [6.45, 7) is 6.45. The molecule has 0 aromatic heterocycles. The highest BCUT2D eigenvalue weighted by Gasteiger charge is 2.22. The molecule has 0 bridgehead atoms. The van der Waals surface area contributed by atoms with Crippen LogP contribution in [0.15, 0.2) is 48.5 Å². The van der Waals surface area contributed by atoms with E-state index in [-0.39, 0.29) is 11.8 Å². The summed E-state index contributed by atoms with van der Waals surface area (Å²) < 4.78 is 0. The molecule has 5 heteroatoms. The van der Waals surface area contributed by atoms with Crippen molar-refractivity contribution in [3.8, 4) is 0 Å². The summed E-state index contributed by atoms with van der Waals surface area (Å²) in [5, 5.41) is 5.74. The largest absolute Gasteiger partial charge is 0.351 e. The molecule has 3 rings (SSSR count). The first kappa shape index (κ1) is 20.1. The van der Waals surface area contributed by atoms with E-state index in [2.05, 4.69) is 46.7 Å². The second-order valence-corrected chi connectivity index (χ2v) is 7.64. The molecule has 1 heterocycles. The summed E-state index contributed by atoms with van der Waals surface area (Å²) >= 11 is 0. The van der Waals surface area contributed by atoms with E-state index in [4.69, 9.17) is 0 Å². The Hall–Kier alpha value is -2.66. The van der Waals surface area contributed by atoms with Gasteiger partial charge in [0.1, 0.15) is 0 Å². The Labute approximate surface area is 167 Å². The zero-order chi connectivity index (χ0) is 19.9. The van der Waals surface area contributed by atoms with Crippen molar-refractivity contribution in [1.82, 2.24) is 10.2 Å². The number of nitrogens with one attached hydrogen (secondary N) is 2. The Morgan fingerprint density at radius 2 is 1.93 bits per heavy atom. The van der Waals surface area contributed by atoms with Crippen LogP contribution in [0.3, 0.4) is 0 Å². The minimum absolute atomic E-state index is 0.0517. The zero-order valence-electron chi connectivity index (χ0n) is 16.7. The summed E-state index contributed by atoms with van der Waals surface area (Å²) in [7, 11) is 0. The third-order valence-corrected chi connectivity index (χ3v) is 5.15. The summed E-state index contributed by atoms with van der Waals surface area (Å²) in [4.78, 5) is 25.7. The lowest BCUT2D eigenvalue weighted by Crippen LogP contribution is -2.41. The second-order valence-electron chi connectivity index (χ2n) is 7.64. The predicted octanol–water partition coefficient (Wildman–Crippen LogP) is 3.45. The number of likely N-dealkylation sites (tertiary alicyclic amines) is 1. The van der Waals surface area contributed by atoms with Crippen LogP contribution >= 0.6 is 0 Å². The van der Waals surface area contributed by atoms with Gasteiger partial charge in [0.15, 0.2) is 0 Å². The number of hydrogen-bond acceptors (Lipinski definition) is 3. The first-order valence-electron chi connectivity index (χ1n) is 9.92. The zero-order valence-corrected chi connectivity index (χ0v) is 16.7. The number of carbonyl (C=O) groups is 2. The number of carbonyl (C=O) groups excluding carboxylic acids is 2. The maximum Gasteiger partial charge on any atom is 0.234 e. The van der Waals surface area contributed by atoms with Crippen LogP contribution in [0.1, 0.15) is 42.4 Å². The number of benzene rings is 2. The first-order valence-corrected chi connectivity index (χ1v) is 9.92. The van der Waals surface area contributed by atoms with Crippen molar-refractivity contribution in [3.05, 3.63) is 65.2 Å². The Kier molecular flexibility index (Phi) is 6.82. The molecule has 5 nitrogen and oxygen atoms in total. The molecule has 2 aromatic rings. The van der Waals surface area contributed by atoms with E-state index in [0.29, 0.717) is 19.0 Å². The molecule has 0 radical (unpaired) electrons. The third kappa shape index (κ3) is 5.92. The van der Waals surface area contributed by atoms with E-state index < -0.39 is 0 Å². The van der Waals surface area contributed by atoms with Crippen LogP contribution in [-0.2, 0) is 16.1 Å². The fourth-order valence-electron chi connectivity index (χ4n) is 3.76. The summed E-state index contributed by atoms with van der Waals surface area (Å²) in [5.74, 6) is 0.463. The lowest BCUT2D eigenvalue weighted by Gasteiger charge is -2.32. The third-order valence-electron chi connectivity index (χ3n) is 5.15. The van der Waals surface area contributed by atoms with Crippen LogP contribution in [0.5, 0.6) is 0 Å². The number of rotatable bonds is 6. The van der Waals surface area contributed by atoms with Crippen molar-refractivity contribution in [2.75, 3.05) is 25.0 Å². The number of hydrogen-bond donors (Lipinski definition) is 2. The highest BCUT2D eigenvalue weighted by Crippen LogP contribution is 2.27. The Morgan fingerprint density at radius 1 is 1.14 bits per heavy atom. The monoisotopic (exact) mass is 379 g/mol. The minimum Gasteiger partial charge on any atom is -0.351 e. The lowest BCUT2D eigenvalue weighted by molar-refractivity contribution is -0.122. The Balaban J connectivity index is 1.47. The molecular formula is C23H29N3O2. The van der Waals surface area contributed by atoms with Gasteiger partial charge in [-0.3, -0.25) is 14.5 Å². The molecule has 2 amide bonds. The Morgan fingerprint density at radius 3 is 2.64 bits per heavy atom.